The van der Waals surface area contributed by atoms with Crippen LogP contribution in [0.4, 0.5) is 5.69 Å². The molecule has 0 radical (unpaired) electrons. The normalized spacial score (nSPS) is 9.80. The number of anilines is 1. The number of esters is 1. The SMILES string of the molecule is C=Cc1ccccc1NCC(=O)OCc1ccccc1. The molecule has 2 aromatic carbocycles. The monoisotopic (exact) mass is 267 g/mol. The second-order valence-electron chi connectivity index (χ2n) is 4.29. The summed E-state index contributed by atoms with van der Waals surface area (Å²) >= 11 is 0. The number of nitrogens with one attached hydrogen (secondary N) is 1. The van der Waals surface area contributed by atoms with Crippen LogP contribution in [0.1, 0.15) is 11.1 Å². The molecule has 3 nitrogen and oxygen atoms in total. The highest BCUT2D eigenvalue weighted by Crippen LogP contribution is 2.15. The predicted molar refractivity (Wildman–Crippen MR) is 81.3 cm³/mol. The molecular formula is C17H17NO2. The quantitative estimate of drug-likeness (QED) is 0.814. The van der Waals surface area contributed by atoms with Crippen LogP contribution in [0.3, 0.4) is 0 Å². The van der Waals surface area contributed by atoms with Gasteiger partial charge in [0.2, 0.25) is 0 Å². The average molecular weight is 267 g/mol. The van der Waals surface area contributed by atoms with E-state index in [1.54, 1.807) is 6.08 Å². The Balaban J connectivity index is 1.82. The smallest absolute Gasteiger partial charge is 0.325 e. The van der Waals surface area contributed by atoms with Gasteiger partial charge in [0.1, 0.15) is 13.2 Å². The minimum absolute atomic E-state index is 0.137. The highest BCUT2D eigenvalue weighted by atomic mass is 16.5. The first-order chi connectivity index (χ1) is 9.79. The van der Waals surface area contributed by atoms with Crippen molar-refractivity contribution in [1.82, 2.24) is 0 Å². The summed E-state index contributed by atoms with van der Waals surface area (Å²) in [5.41, 5.74) is 2.81. The third-order valence-corrected chi connectivity index (χ3v) is 2.85. The first-order valence-electron chi connectivity index (χ1n) is 6.44. The van der Waals surface area contributed by atoms with Crippen LogP contribution < -0.4 is 5.32 Å². The Hall–Kier alpha value is -2.55. The van der Waals surface area contributed by atoms with Crippen molar-refractivity contribution in [3.63, 3.8) is 0 Å². The highest BCUT2D eigenvalue weighted by Gasteiger charge is 2.04. The Kier molecular flexibility index (Phi) is 4.95. The van der Waals surface area contributed by atoms with Gasteiger partial charge in [0.25, 0.3) is 0 Å². The summed E-state index contributed by atoms with van der Waals surface area (Å²) in [7, 11) is 0. The molecule has 0 aliphatic carbocycles. The van der Waals surface area contributed by atoms with Gasteiger partial charge < -0.3 is 10.1 Å². The van der Waals surface area contributed by atoms with Gasteiger partial charge in [0, 0.05) is 5.69 Å². The zero-order chi connectivity index (χ0) is 14.2. The van der Waals surface area contributed by atoms with E-state index < -0.39 is 0 Å². The Morgan fingerprint density at radius 2 is 1.80 bits per heavy atom. The molecule has 2 aromatic rings. The maximum atomic E-state index is 11.7. The molecule has 0 aliphatic heterocycles. The van der Waals surface area contributed by atoms with Crippen molar-refractivity contribution in [3.8, 4) is 0 Å². The van der Waals surface area contributed by atoms with E-state index >= 15 is 0 Å². The summed E-state index contributed by atoms with van der Waals surface area (Å²) in [5, 5.41) is 3.05. The summed E-state index contributed by atoms with van der Waals surface area (Å²) in [4.78, 5) is 11.7. The number of hydrogen-bond acceptors (Lipinski definition) is 3. The molecule has 0 amide bonds. The molecule has 0 bridgehead atoms. The fraction of sp³-hybridized carbons (Fsp3) is 0.118. The van der Waals surface area contributed by atoms with Crippen molar-refractivity contribution in [2.24, 2.45) is 0 Å². The molecule has 102 valence electrons. The fourth-order valence-electron chi connectivity index (χ4n) is 1.79. The number of carbonyl (C=O) groups is 1. The lowest BCUT2D eigenvalue weighted by Crippen LogP contribution is -2.17. The van der Waals surface area contributed by atoms with Gasteiger partial charge in [-0.15, -0.1) is 0 Å². The summed E-state index contributed by atoms with van der Waals surface area (Å²) in [5.74, 6) is -0.285. The lowest BCUT2D eigenvalue weighted by molar-refractivity contribution is -0.142. The third kappa shape index (κ3) is 3.99. The molecule has 20 heavy (non-hydrogen) atoms. The van der Waals surface area contributed by atoms with E-state index in [9.17, 15) is 4.79 Å². The molecule has 2 rings (SSSR count). The van der Waals surface area contributed by atoms with E-state index in [0.29, 0.717) is 6.61 Å². The van der Waals surface area contributed by atoms with Gasteiger partial charge in [-0.05, 0) is 17.2 Å². The molecule has 0 unspecified atom stereocenters. The average Bonchev–Trinajstić information content (AvgIpc) is 2.52. The Bertz CT molecular complexity index is 579. The van der Waals surface area contributed by atoms with Crippen LogP contribution in [0.25, 0.3) is 6.08 Å². The van der Waals surface area contributed by atoms with Gasteiger partial charge in [-0.25, -0.2) is 0 Å². The van der Waals surface area contributed by atoms with E-state index in [2.05, 4.69) is 11.9 Å². The van der Waals surface area contributed by atoms with Gasteiger partial charge in [-0.3, -0.25) is 4.79 Å². The molecule has 0 saturated carbocycles. The summed E-state index contributed by atoms with van der Waals surface area (Å²) in [6.45, 7) is 4.17. The minimum atomic E-state index is -0.285. The van der Waals surface area contributed by atoms with E-state index in [1.807, 2.05) is 54.6 Å². The van der Waals surface area contributed by atoms with Crippen molar-refractivity contribution in [2.45, 2.75) is 6.61 Å². The van der Waals surface area contributed by atoms with Crippen LogP contribution in [-0.2, 0) is 16.1 Å². The second-order valence-corrected chi connectivity index (χ2v) is 4.29. The topological polar surface area (TPSA) is 38.3 Å². The van der Waals surface area contributed by atoms with Crippen LogP contribution in [0.5, 0.6) is 0 Å². The first-order valence-corrected chi connectivity index (χ1v) is 6.44. The molecule has 0 aliphatic rings. The Labute approximate surface area is 118 Å². The molecule has 0 saturated heterocycles. The largest absolute Gasteiger partial charge is 0.460 e. The van der Waals surface area contributed by atoms with Crippen LogP contribution in [0, 0.1) is 0 Å². The van der Waals surface area contributed by atoms with Gasteiger partial charge >= 0.3 is 5.97 Å². The zero-order valence-corrected chi connectivity index (χ0v) is 11.2. The Morgan fingerprint density at radius 3 is 2.55 bits per heavy atom. The van der Waals surface area contributed by atoms with E-state index in [0.717, 1.165) is 16.8 Å². The van der Waals surface area contributed by atoms with Crippen LogP contribution in [0.15, 0.2) is 61.2 Å². The van der Waals surface area contributed by atoms with Crippen molar-refractivity contribution in [1.29, 1.82) is 0 Å². The zero-order valence-electron chi connectivity index (χ0n) is 11.2. The molecule has 0 atom stereocenters. The van der Waals surface area contributed by atoms with Gasteiger partial charge in [-0.2, -0.15) is 0 Å². The Morgan fingerprint density at radius 1 is 1.10 bits per heavy atom. The lowest BCUT2D eigenvalue weighted by Gasteiger charge is -2.09. The molecule has 0 fully saturated rings. The van der Waals surface area contributed by atoms with Crippen LogP contribution >= 0.6 is 0 Å². The lowest BCUT2D eigenvalue weighted by atomic mass is 10.2. The van der Waals surface area contributed by atoms with Crippen molar-refractivity contribution in [2.75, 3.05) is 11.9 Å². The van der Waals surface area contributed by atoms with Crippen molar-refractivity contribution < 1.29 is 9.53 Å². The van der Waals surface area contributed by atoms with Gasteiger partial charge in [0.15, 0.2) is 0 Å². The maximum Gasteiger partial charge on any atom is 0.325 e. The molecule has 0 aromatic heterocycles. The number of carbonyl (C=O) groups excluding carboxylic acids is 1. The number of rotatable bonds is 6. The van der Waals surface area contributed by atoms with E-state index in [4.69, 9.17) is 4.74 Å². The summed E-state index contributed by atoms with van der Waals surface area (Å²) in [6.07, 6.45) is 1.75. The number of ether oxygens (including phenoxy) is 1. The summed E-state index contributed by atoms with van der Waals surface area (Å²) < 4.78 is 5.20. The van der Waals surface area contributed by atoms with Gasteiger partial charge in [-0.1, -0.05) is 61.2 Å². The van der Waals surface area contributed by atoms with Crippen molar-refractivity contribution in [3.05, 3.63) is 72.3 Å². The van der Waals surface area contributed by atoms with E-state index in [-0.39, 0.29) is 12.5 Å². The number of hydrogen-bond donors (Lipinski definition) is 1. The van der Waals surface area contributed by atoms with Crippen LogP contribution in [-0.4, -0.2) is 12.5 Å². The first kappa shape index (κ1) is 13.9. The molecular weight excluding hydrogens is 250 g/mol. The third-order valence-electron chi connectivity index (χ3n) is 2.85. The second kappa shape index (κ2) is 7.14. The maximum absolute atomic E-state index is 11.7. The molecule has 3 heteroatoms. The highest BCUT2D eigenvalue weighted by molar-refractivity contribution is 5.77. The van der Waals surface area contributed by atoms with Crippen LogP contribution in [0.2, 0.25) is 0 Å². The number of para-hydroxylation sites is 1. The van der Waals surface area contributed by atoms with Gasteiger partial charge in [0.05, 0.1) is 0 Å². The number of benzene rings is 2. The minimum Gasteiger partial charge on any atom is -0.460 e. The molecule has 0 heterocycles. The standard InChI is InChI=1S/C17H17NO2/c1-2-15-10-6-7-11-16(15)18-12-17(19)20-13-14-8-4-3-5-9-14/h2-11,18H,1,12-13H2. The molecule has 1 N–H and O–H groups in total. The fourth-order valence-corrected chi connectivity index (χ4v) is 1.79. The predicted octanol–water partition coefficient (Wildman–Crippen LogP) is 3.48. The van der Waals surface area contributed by atoms with Crippen molar-refractivity contribution >= 4 is 17.7 Å². The molecule has 0 spiro atoms. The summed E-state index contributed by atoms with van der Waals surface area (Å²) in [6, 6.07) is 17.3. The van der Waals surface area contributed by atoms with E-state index in [1.165, 1.54) is 0 Å².